The lowest BCUT2D eigenvalue weighted by Gasteiger charge is -2.22. The predicted molar refractivity (Wildman–Crippen MR) is 116 cm³/mol. The van der Waals surface area contributed by atoms with Crippen LogP contribution in [-0.2, 0) is 9.53 Å². The molecule has 160 valence electrons. The summed E-state index contributed by atoms with van der Waals surface area (Å²) in [4.78, 5) is 18.0. The number of fused-ring (bicyclic) bond motifs is 1. The lowest BCUT2D eigenvalue weighted by atomic mass is 9.96. The minimum atomic E-state index is -0.256. The Bertz CT molecular complexity index is 1040. The Morgan fingerprint density at radius 2 is 1.93 bits per heavy atom. The third kappa shape index (κ3) is 3.74. The minimum absolute atomic E-state index is 0.00431. The fourth-order valence-electron chi connectivity index (χ4n) is 4.26. The second-order valence-electron chi connectivity index (χ2n) is 8.69. The Hall–Kier alpha value is -2.67. The Labute approximate surface area is 177 Å². The van der Waals surface area contributed by atoms with E-state index in [2.05, 4.69) is 48.7 Å². The summed E-state index contributed by atoms with van der Waals surface area (Å²) in [5.41, 5.74) is 3.00. The second-order valence-corrected chi connectivity index (χ2v) is 8.69. The van der Waals surface area contributed by atoms with Crippen molar-refractivity contribution in [1.82, 2.24) is 24.6 Å². The molecule has 0 unspecified atom stereocenters. The van der Waals surface area contributed by atoms with Gasteiger partial charge < -0.3 is 14.6 Å². The molecule has 4 rings (SSSR count). The zero-order valence-corrected chi connectivity index (χ0v) is 18.4. The van der Waals surface area contributed by atoms with E-state index in [1.54, 1.807) is 0 Å². The lowest BCUT2D eigenvalue weighted by molar-refractivity contribution is -0.127. The maximum atomic E-state index is 13.2. The maximum absolute atomic E-state index is 13.2. The van der Waals surface area contributed by atoms with E-state index < -0.39 is 0 Å². The van der Waals surface area contributed by atoms with Crippen LogP contribution in [0.15, 0.2) is 36.7 Å². The van der Waals surface area contributed by atoms with Crippen molar-refractivity contribution in [3.8, 4) is 0 Å². The van der Waals surface area contributed by atoms with Crippen LogP contribution >= 0.6 is 0 Å². The van der Waals surface area contributed by atoms with Gasteiger partial charge in [-0.2, -0.15) is 5.10 Å². The van der Waals surface area contributed by atoms with Gasteiger partial charge in [0.25, 0.3) is 0 Å². The molecule has 0 saturated carbocycles. The van der Waals surface area contributed by atoms with Gasteiger partial charge in [0.05, 0.1) is 35.3 Å². The van der Waals surface area contributed by atoms with Gasteiger partial charge in [0.1, 0.15) is 5.82 Å². The van der Waals surface area contributed by atoms with Gasteiger partial charge in [-0.15, -0.1) is 0 Å². The highest BCUT2D eigenvalue weighted by molar-refractivity contribution is 5.81. The smallest absolute Gasteiger partial charge is 0.226 e. The number of hydrogen-bond acceptors (Lipinski definition) is 4. The van der Waals surface area contributed by atoms with Gasteiger partial charge in [0, 0.05) is 30.5 Å². The number of carbonyl (C=O) groups is 1. The number of rotatable bonds is 6. The average Bonchev–Trinajstić information content (AvgIpc) is 3.44. The highest BCUT2D eigenvalue weighted by atomic mass is 16.5. The van der Waals surface area contributed by atoms with Crippen LogP contribution in [0.5, 0.6) is 0 Å². The van der Waals surface area contributed by atoms with Crippen molar-refractivity contribution in [1.29, 1.82) is 0 Å². The number of aromatic nitrogens is 4. The molecule has 3 atom stereocenters. The lowest BCUT2D eigenvalue weighted by Crippen LogP contribution is -2.35. The van der Waals surface area contributed by atoms with E-state index in [1.807, 2.05) is 42.2 Å². The Morgan fingerprint density at radius 1 is 1.17 bits per heavy atom. The molecule has 1 saturated heterocycles. The number of imidazole rings is 1. The van der Waals surface area contributed by atoms with Crippen LogP contribution in [0.2, 0.25) is 0 Å². The molecule has 0 aliphatic carbocycles. The number of nitrogens with one attached hydrogen (secondary N) is 1. The number of nitrogens with zero attached hydrogens (tertiary/aromatic N) is 4. The van der Waals surface area contributed by atoms with Crippen LogP contribution in [0.25, 0.3) is 11.0 Å². The van der Waals surface area contributed by atoms with Crippen LogP contribution in [0.3, 0.4) is 0 Å². The van der Waals surface area contributed by atoms with Crippen LogP contribution in [0.4, 0.5) is 0 Å². The van der Waals surface area contributed by atoms with Gasteiger partial charge in [-0.1, -0.05) is 12.1 Å². The molecule has 30 heavy (non-hydrogen) atoms. The van der Waals surface area contributed by atoms with Crippen molar-refractivity contribution in [3.63, 3.8) is 0 Å². The normalized spacial score (nSPS) is 20.4. The zero-order valence-electron chi connectivity index (χ0n) is 18.4. The first-order chi connectivity index (χ1) is 14.4. The summed E-state index contributed by atoms with van der Waals surface area (Å²) in [5, 5.41) is 7.60. The van der Waals surface area contributed by atoms with Gasteiger partial charge in [-0.05, 0) is 53.2 Å². The monoisotopic (exact) mass is 409 g/mol. The predicted octanol–water partition coefficient (Wildman–Crippen LogP) is 4.35. The molecule has 3 heterocycles. The summed E-state index contributed by atoms with van der Waals surface area (Å²) >= 11 is 0. The largest absolute Gasteiger partial charge is 0.373 e. The van der Waals surface area contributed by atoms with Gasteiger partial charge in [0.2, 0.25) is 5.91 Å². The first-order valence-electron chi connectivity index (χ1n) is 10.8. The number of hydrogen-bond donors (Lipinski definition) is 1. The summed E-state index contributed by atoms with van der Waals surface area (Å²) < 4.78 is 10.0. The summed E-state index contributed by atoms with van der Waals surface area (Å²) in [6, 6.07) is 8.42. The maximum Gasteiger partial charge on any atom is 0.226 e. The first-order valence-corrected chi connectivity index (χ1v) is 10.8. The van der Waals surface area contributed by atoms with Crippen molar-refractivity contribution in [3.05, 3.63) is 48.0 Å². The van der Waals surface area contributed by atoms with Crippen LogP contribution in [0, 0.1) is 5.92 Å². The summed E-state index contributed by atoms with van der Waals surface area (Å²) in [6.07, 6.45) is 4.26. The fraction of sp³-hybridized carbons (Fsp3) is 0.522. The Morgan fingerprint density at radius 3 is 2.63 bits per heavy atom. The van der Waals surface area contributed by atoms with E-state index in [0.29, 0.717) is 13.0 Å². The third-order valence-electron chi connectivity index (χ3n) is 5.79. The molecule has 0 radical (unpaired) electrons. The van der Waals surface area contributed by atoms with E-state index in [-0.39, 0.29) is 36.1 Å². The summed E-state index contributed by atoms with van der Waals surface area (Å²) in [6.45, 7) is 11.0. The number of benzene rings is 1. The molecule has 1 aliphatic rings. The Balaban J connectivity index is 1.54. The molecular weight excluding hydrogens is 378 g/mol. The molecule has 1 aromatic carbocycles. The molecular formula is C23H31N5O2. The SMILES string of the molecule is CC(C)n1cc([C@H]2OCC[C@@H]2C(=O)N[C@H](C)c2nc3ccccc3n2C(C)C)cn1. The molecule has 0 bridgehead atoms. The quantitative estimate of drug-likeness (QED) is 0.657. The molecule has 0 spiro atoms. The van der Waals surface area contributed by atoms with E-state index in [9.17, 15) is 4.79 Å². The average molecular weight is 410 g/mol. The van der Waals surface area contributed by atoms with Gasteiger partial charge >= 0.3 is 0 Å². The first kappa shape index (κ1) is 20.6. The molecule has 1 amide bonds. The zero-order chi connectivity index (χ0) is 21.4. The molecule has 1 fully saturated rings. The fourth-order valence-corrected chi connectivity index (χ4v) is 4.26. The molecule has 7 nitrogen and oxygen atoms in total. The topological polar surface area (TPSA) is 74.0 Å². The van der Waals surface area contributed by atoms with Crippen LogP contribution in [0.1, 0.15) is 76.7 Å². The van der Waals surface area contributed by atoms with Crippen molar-refractivity contribution in [2.24, 2.45) is 5.92 Å². The van der Waals surface area contributed by atoms with E-state index in [0.717, 1.165) is 22.4 Å². The third-order valence-corrected chi connectivity index (χ3v) is 5.79. The highest BCUT2D eigenvalue weighted by Gasteiger charge is 2.37. The van der Waals surface area contributed by atoms with Gasteiger partial charge in [-0.25, -0.2) is 4.98 Å². The van der Waals surface area contributed by atoms with Crippen molar-refractivity contribution in [2.75, 3.05) is 6.61 Å². The number of carbonyl (C=O) groups excluding carboxylic acids is 1. The van der Waals surface area contributed by atoms with Crippen molar-refractivity contribution < 1.29 is 9.53 Å². The molecule has 7 heteroatoms. The number of ether oxygens (including phenoxy) is 1. The van der Waals surface area contributed by atoms with E-state index in [1.165, 1.54) is 0 Å². The second kappa shape index (κ2) is 8.22. The summed E-state index contributed by atoms with van der Waals surface area (Å²) in [7, 11) is 0. The molecule has 1 aliphatic heterocycles. The van der Waals surface area contributed by atoms with E-state index >= 15 is 0 Å². The standard InChI is InChI=1S/C23H31N5O2/c1-14(2)27-13-17(12-24-27)21-18(10-11-30-21)23(29)25-16(5)22-26-19-8-6-7-9-20(19)28(22)15(3)4/h6-9,12-16,18,21H,10-11H2,1-5H3,(H,25,29)/t16-,18+,21-/m1/s1. The molecule has 2 aromatic heterocycles. The van der Waals surface area contributed by atoms with Crippen LogP contribution < -0.4 is 5.32 Å². The van der Waals surface area contributed by atoms with Crippen molar-refractivity contribution in [2.45, 2.75) is 65.3 Å². The van der Waals surface area contributed by atoms with Gasteiger partial charge in [0.15, 0.2) is 0 Å². The number of para-hydroxylation sites is 2. The molecule has 3 aromatic rings. The minimum Gasteiger partial charge on any atom is -0.373 e. The Kier molecular flexibility index (Phi) is 5.64. The van der Waals surface area contributed by atoms with Gasteiger partial charge in [-0.3, -0.25) is 9.48 Å². The van der Waals surface area contributed by atoms with Crippen molar-refractivity contribution >= 4 is 16.9 Å². The molecule has 1 N–H and O–H groups in total. The summed E-state index contributed by atoms with van der Waals surface area (Å²) in [5.74, 6) is 0.654. The van der Waals surface area contributed by atoms with Crippen LogP contribution in [-0.4, -0.2) is 31.8 Å². The number of amides is 1. The highest BCUT2D eigenvalue weighted by Crippen LogP contribution is 2.35. The van der Waals surface area contributed by atoms with E-state index in [4.69, 9.17) is 9.72 Å².